The zero-order chi connectivity index (χ0) is 6.53. The number of hydrogen-bond donors (Lipinski definition) is 1. The minimum Gasteiger partial charge on any atom is -0.364 e. The highest BCUT2D eigenvalue weighted by Gasteiger charge is 2.12. The van der Waals surface area contributed by atoms with Crippen molar-refractivity contribution in [3.05, 3.63) is 0 Å². The highest BCUT2D eigenvalue weighted by Crippen LogP contribution is 2.04. The van der Waals surface area contributed by atoms with E-state index >= 15 is 0 Å². The Hall–Kier alpha value is -0.120. The van der Waals surface area contributed by atoms with Gasteiger partial charge < -0.3 is 10.5 Å². The quantitative estimate of drug-likeness (QED) is 0.548. The lowest BCUT2D eigenvalue weighted by Crippen LogP contribution is -2.31. The molecule has 3 heteroatoms. The Balaban J connectivity index is 2.08. The summed E-state index contributed by atoms with van der Waals surface area (Å²) in [5, 5.41) is 4.10. The van der Waals surface area contributed by atoms with Gasteiger partial charge in [0.2, 0.25) is 0 Å². The monoisotopic (exact) mass is 129 g/mol. The molecule has 3 nitrogen and oxygen atoms in total. The van der Waals surface area contributed by atoms with Gasteiger partial charge in [-0.1, -0.05) is 0 Å². The molecule has 0 saturated carbocycles. The topological polar surface area (TPSA) is 49.4 Å². The van der Waals surface area contributed by atoms with Crippen molar-refractivity contribution >= 4 is 0 Å². The second-order valence-electron chi connectivity index (χ2n) is 2.35. The Morgan fingerprint density at radius 2 is 2.56 bits per heavy atom. The van der Waals surface area contributed by atoms with Crippen LogP contribution in [0.5, 0.6) is 0 Å². The summed E-state index contributed by atoms with van der Waals surface area (Å²) in [5.74, 6) is 0.587. The van der Waals surface area contributed by atoms with Crippen molar-refractivity contribution in [1.82, 2.24) is 5.32 Å². The first-order valence-corrected chi connectivity index (χ1v) is 3.34. The van der Waals surface area contributed by atoms with Gasteiger partial charge in [0.15, 0.2) is 0 Å². The third-order valence-electron chi connectivity index (χ3n) is 1.50. The maximum Gasteiger partial charge on any atom is 0.112 e. The first-order chi connectivity index (χ1) is 4.43. The molecule has 0 amide bonds. The number of rotatable bonds is 2. The minimum absolute atomic E-state index is 0.584. The predicted molar refractivity (Wildman–Crippen MR) is 35.0 cm³/mol. The van der Waals surface area contributed by atoms with E-state index in [1.54, 1.807) is 0 Å². The van der Waals surface area contributed by atoms with Crippen LogP contribution < -0.4 is 11.1 Å². The average molecular weight is 129 g/mol. The van der Waals surface area contributed by atoms with Crippen molar-refractivity contribution in [2.24, 2.45) is 11.7 Å². The van der Waals surface area contributed by atoms with Crippen LogP contribution in [0.2, 0.25) is 0 Å². The molecule has 1 atom stereocenters. The molecule has 1 heterocycles. The molecular formula is C6H13N2O. The van der Waals surface area contributed by atoms with Gasteiger partial charge in [-0.3, -0.25) is 0 Å². The molecule has 1 unspecified atom stereocenters. The van der Waals surface area contributed by atoms with Crippen LogP contribution in [0.15, 0.2) is 0 Å². The van der Waals surface area contributed by atoms with Gasteiger partial charge >= 0.3 is 0 Å². The van der Waals surface area contributed by atoms with Crippen LogP contribution in [-0.2, 0) is 4.74 Å². The van der Waals surface area contributed by atoms with Gasteiger partial charge in [-0.25, -0.2) is 5.32 Å². The van der Waals surface area contributed by atoms with Gasteiger partial charge in [0.05, 0.1) is 6.61 Å². The van der Waals surface area contributed by atoms with Gasteiger partial charge in [-0.05, 0) is 18.9 Å². The maximum atomic E-state index is 5.36. The number of nitrogens with two attached hydrogens (primary N) is 1. The Morgan fingerprint density at radius 1 is 1.67 bits per heavy atom. The van der Waals surface area contributed by atoms with Crippen molar-refractivity contribution < 1.29 is 4.74 Å². The number of nitrogens with zero attached hydrogens (tertiary/aromatic N) is 1. The maximum absolute atomic E-state index is 5.36. The average Bonchev–Trinajstić information content (AvgIpc) is 1.91. The fraction of sp³-hybridized carbons (Fsp3) is 1.00. The molecule has 0 aromatic carbocycles. The normalized spacial score (nSPS) is 28.3. The molecule has 1 radical (unpaired) electrons. The molecule has 1 saturated heterocycles. The van der Waals surface area contributed by atoms with E-state index in [0.29, 0.717) is 12.6 Å². The van der Waals surface area contributed by atoms with Crippen LogP contribution in [-0.4, -0.2) is 26.4 Å². The highest BCUT2D eigenvalue weighted by atomic mass is 16.5. The molecule has 1 rings (SSSR count). The second kappa shape index (κ2) is 3.82. The van der Waals surface area contributed by atoms with E-state index in [-0.39, 0.29) is 0 Å². The van der Waals surface area contributed by atoms with Crippen LogP contribution in [0.4, 0.5) is 0 Å². The first kappa shape index (κ1) is 6.99. The van der Waals surface area contributed by atoms with Crippen molar-refractivity contribution in [2.75, 3.05) is 26.4 Å². The van der Waals surface area contributed by atoms with Crippen molar-refractivity contribution in [2.45, 2.75) is 6.42 Å². The Bertz CT molecular complexity index is 68.7. The summed E-state index contributed by atoms with van der Waals surface area (Å²) in [5.41, 5.74) is 5.36. The first-order valence-electron chi connectivity index (χ1n) is 3.34. The molecule has 0 bridgehead atoms. The van der Waals surface area contributed by atoms with E-state index in [1.807, 2.05) is 0 Å². The summed E-state index contributed by atoms with van der Waals surface area (Å²) in [6.07, 6.45) is 1.05. The minimum atomic E-state index is 0.584. The molecule has 1 fully saturated rings. The van der Waals surface area contributed by atoms with Gasteiger partial charge in [-0.2, -0.15) is 0 Å². The van der Waals surface area contributed by atoms with Gasteiger partial charge in [-0.15, -0.1) is 0 Å². The van der Waals surface area contributed by atoms with E-state index in [1.165, 1.54) is 0 Å². The Kier molecular flexibility index (Phi) is 2.97. The third-order valence-corrected chi connectivity index (χ3v) is 1.50. The molecule has 2 N–H and O–H groups in total. The molecule has 0 spiro atoms. The fourth-order valence-electron chi connectivity index (χ4n) is 0.982. The fourth-order valence-corrected chi connectivity index (χ4v) is 0.982. The zero-order valence-corrected chi connectivity index (χ0v) is 5.55. The molecule has 1 aliphatic rings. The van der Waals surface area contributed by atoms with E-state index in [4.69, 9.17) is 10.5 Å². The largest absolute Gasteiger partial charge is 0.364 e. The third kappa shape index (κ3) is 2.30. The molecule has 53 valence electrons. The predicted octanol–water partition coefficient (Wildman–Crippen LogP) is -0.456. The van der Waals surface area contributed by atoms with Crippen molar-refractivity contribution in [3.63, 3.8) is 0 Å². The summed E-state index contributed by atoms with van der Waals surface area (Å²) in [7, 11) is 0. The number of hydrogen-bond acceptors (Lipinski definition) is 2. The molecular weight excluding hydrogens is 116 g/mol. The Morgan fingerprint density at radius 3 is 3.11 bits per heavy atom. The van der Waals surface area contributed by atoms with Crippen molar-refractivity contribution in [1.29, 1.82) is 0 Å². The molecule has 1 aliphatic heterocycles. The summed E-state index contributed by atoms with van der Waals surface area (Å²) >= 11 is 0. The molecule has 0 aliphatic carbocycles. The summed E-state index contributed by atoms with van der Waals surface area (Å²) in [6, 6.07) is 0. The summed E-state index contributed by atoms with van der Waals surface area (Å²) < 4.78 is 5.11. The van der Waals surface area contributed by atoms with Crippen LogP contribution in [0.3, 0.4) is 0 Å². The van der Waals surface area contributed by atoms with Crippen LogP contribution in [0.1, 0.15) is 6.42 Å². The van der Waals surface area contributed by atoms with Gasteiger partial charge in [0, 0.05) is 6.54 Å². The van der Waals surface area contributed by atoms with Gasteiger partial charge in [0.25, 0.3) is 0 Å². The molecule has 9 heavy (non-hydrogen) atoms. The lowest BCUT2D eigenvalue weighted by Gasteiger charge is -2.20. The van der Waals surface area contributed by atoms with E-state index in [2.05, 4.69) is 5.32 Å². The standard InChI is InChI=1S/C6H13N2O/c7-2-1-6-3-8-5-9-4-6/h6H,1-5,7H2. The second-order valence-corrected chi connectivity index (χ2v) is 2.35. The Labute approximate surface area is 55.6 Å². The van der Waals surface area contributed by atoms with E-state index in [9.17, 15) is 0 Å². The SMILES string of the molecule is NCCC1C[N]COC1. The van der Waals surface area contributed by atoms with E-state index < -0.39 is 0 Å². The van der Waals surface area contributed by atoms with Gasteiger partial charge in [0.1, 0.15) is 6.73 Å². The zero-order valence-electron chi connectivity index (χ0n) is 5.55. The lowest BCUT2D eigenvalue weighted by molar-refractivity contribution is 0.0411. The summed E-state index contributed by atoms with van der Waals surface area (Å²) in [6.45, 7) is 3.13. The molecule has 0 aromatic rings. The lowest BCUT2D eigenvalue weighted by atomic mass is 10.1. The number of ether oxygens (including phenoxy) is 1. The highest BCUT2D eigenvalue weighted by molar-refractivity contribution is 4.63. The van der Waals surface area contributed by atoms with Crippen LogP contribution >= 0.6 is 0 Å². The van der Waals surface area contributed by atoms with Crippen LogP contribution in [0, 0.1) is 5.92 Å². The smallest absolute Gasteiger partial charge is 0.112 e. The van der Waals surface area contributed by atoms with E-state index in [0.717, 1.165) is 26.1 Å². The van der Waals surface area contributed by atoms with Crippen LogP contribution in [0.25, 0.3) is 0 Å². The van der Waals surface area contributed by atoms with Crippen molar-refractivity contribution in [3.8, 4) is 0 Å². The molecule has 0 aromatic heterocycles. The summed E-state index contributed by atoms with van der Waals surface area (Å²) in [4.78, 5) is 0.